The first-order valence-corrected chi connectivity index (χ1v) is 8.93. The van der Waals surface area contributed by atoms with E-state index < -0.39 is 0 Å². The van der Waals surface area contributed by atoms with Crippen LogP contribution in [-0.4, -0.2) is 15.5 Å². The molecule has 0 aliphatic carbocycles. The summed E-state index contributed by atoms with van der Waals surface area (Å²) in [5.74, 6) is -0.251. The van der Waals surface area contributed by atoms with Gasteiger partial charge in [0.15, 0.2) is 0 Å². The number of hydrogen-bond donors (Lipinski definition) is 2. The Balaban J connectivity index is 1.93. The van der Waals surface area contributed by atoms with Crippen LogP contribution in [-0.2, 0) is 6.54 Å². The van der Waals surface area contributed by atoms with E-state index in [9.17, 15) is 9.59 Å². The molecule has 2 heterocycles. The number of carbonyl (C=O) groups excluding carboxylic acids is 1. The summed E-state index contributed by atoms with van der Waals surface area (Å²) >= 11 is 6.24. The Morgan fingerprint density at radius 3 is 2.65 bits per heavy atom. The van der Waals surface area contributed by atoms with Gasteiger partial charge in [-0.2, -0.15) is 0 Å². The van der Waals surface area contributed by atoms with Crippen LogP contribution in [0.15, 0.2) is 35.3 Å². The lowest BCUT2D eigenvalue weighted by molar-refractivity contribution is 0.0952. The van der Waals surface area contributed by atoms with E-state index in [2.05, 4.69) is 28.7 Å². The summed E-state index contributed by atoms with van der Waals surface area (Å²) in [7, 11) is 0. The van der Waals surface area contributed by atoms with Crippen LogP contribution in [0, 0.1) is 13.8 Å². The number of H-pyrrole nitrogens is 1. The zero-order chi connectivity index (χ0) is 19.0. The highest BCUT2D eigenvalue weighted by molar-refractivity contribution is 6.32. The zero-order valence-electron chi connectivity index (χ0n) is 15.3. The van der Waals surface area contributed by atoms with Gasteiger partial charge in [0.2, 0.25) is 0 Å². The second kappa shape index (κ2) is 7.00. The number of amides is 1. The SMILES string of the molecule is Cc1cc(C)c(CNC(=O)c2cc(Cl)cc3c2ccn3C(C)C)c(=O)[nH]1. The Bertz CT molecular complexity index is 1050. The van der Waals surface area contributed by atoms with Crippen molar-refractivity contribution in [3.63, 3.8) is 0 Å². The Hall–Kier alpha value is -2.53. The molecule has 2 N–H and O–H groups in total. The highest BCUT2D eigenvalue weighted by Crippen LogP contribution is 2.27. The third-order valence-electron chi connectivity index (χ3n) is 4.52. The Morgan fingerprint density at radius 1 is 1.27 bits per heavy atom. The molecule has 0 saturated heterocycles. The third kappa shape index (κ3) is 3.40. The average molecular weight is 372 g/mol. The van der Waals surface area contributed by atoms with Gasteiger partial charge in [0.1, 0.15) is 0 Å². The molecule has 0 atom stereocenters. The molecule has 0 aliphatic rings. The van der Waals surface area contributed by atoms with Crippen molar-refractivity contribution in [1.82, 2.24) is 14.9 Å². The van der Waals surface area contributed by atoms with Crippen molar-refractivity contribution in [2.75, 3.05) is 0 Å². The van der Waals surface area contributed by atoms with Crippen LogP contribution in [0.25, 0.3) is 10.9 Å². The van der Waals surface area contributed by atoms with Crippen molar-refractivity contribution < 1.29 is 4.79 Å². The van der Waals surface area contributed by atoms with Gasteiger partial charge in [-0.3, -0.25) is 9.59 Å². The number of aryl methyl sites for hydroxylation is 2. The standard InChI is InChI=1S/C20H22ClN3O2/c1-11(2)24-6-5-15-16(8-14(21)9-18(15)24)19(25)22-10-17-12(3)7-13(4)23-20(17)26/h5-9,11H,10H2,1-4H3,(H,22,25)(H,23,26). The molecular weight excluding hydrogens is 350 g/mol. The summed E-state index contributed by atoms with van der Waals surface area (Å²) in [5.41, 5.74) is 3.46. The fourth-order valence-electron chi connectivity index (χ4n) is 3.23. The lowest BCUT2D eigenvalue weighted by Crippen LogP contribution is -2.28. The molecule has 0 bridgehead atoms. The van der Waals surface area contributed by atoms with Gasteiger partial charge >= 0.3 is 0 Å². The first kappa shape index (κ1) is 18.3. The maximum absolute atomic E-state index is 12.8. The molecular formula is C20H22ClN3O2. The van der Waals surface area contributed by atoms with Gasteiger partial charge in [-0.1, -0.05) is 11.6 Å². The number of halogens is 1. The highest BCUT2D eigenvalue weighted by atomic mass is 35.5. The van der Waals surface area contributed by atoms with Crippen LogP contribution in [0.4, 0.5) is 0 Å². The number of pyridine rings is 1. The first-order valence-electron chi connectivity index (χ1n) is 8.55. The van der Waals surface area contributed by atoms with Crippen molar-refractivity contribution in [1.29, 1.82) is 0 Å². The normalized spacial score (nSPS) is 11.3. The van der Waals surface area contributed by atoms with Crippen molar-refractivity contribution in [3.05, 3.63) is 68.2 Å². The molecule has 0 fully saturated rings. The van der Waals surface area contributed by atoms with Crippen molar-refractivity contribution >= 4 is 28.4 Å². The third-order valence-corrected chi connectivity index (χ3v) is 4.74. The molecule has 26 heavy (non-hydrogen) atoms. The largest absolute Gasteiger partial charge is 0.348 e. The Kier molecular flexibility index (Phi) is 4.92. The van der Waals surface area contributed by atoms with Crippen molar-refractivity contribution in [2.24, 2.45) is 0 Å². The van der Waals surface area contributed by atoms with Gasteiger partial charge < -0.3 is 14.9 Å². The minimum Gasteiger partial charge on any atom is -0.348 e. The second-order valence-electron chi connectivity index (χ2n) is 6.83. The monoisotopic (exact) mass is 371 g/mol. The number of benzene rings is 1. The van der Waals surface area contributed by atoms with Crippen LogP contribution in [0.1, 0.15) is 47.1 Å². The van der Waals surface area contributed by atoms with E-state index in [4.69, 9.17) is 11.6 Å². The molecule has 1 aromatic carbocycles. The van der Waals surface area contributed by atoms with Crippen molar-refractivity contribution in [2.45, 2.75) is 40.3 Å². The molecule has 2 aromatic heterocycles. The van der Waals surface area contributed by atoms with Crippen LogP contribution < -0.4 is 10.9 Å². The molecule has 3 rings (SSSR count). The lowest BCUT2D eigenvalue weighted by Gasteiger charge is -2.12. The minimum absolute atomic E-state index is 0.166. The van der Waals surface area contributed by atoms with E-state index in [1.165, 1.54) is 0 Å². The maximum Gasteiger partial charge on any atom is 0.253 e. The average Bonchev–Trinajstić information content (AvgIpc) is 2.96. The van der Waals surface area contributed by atoms with Gasteiger partial charge in [-0.25, -0.2) is 0 Å². The Labute approximate surface area is 157 Å². The van der Waals surface area contributed by atoms with Gasteiger partial charge in [0.25, 0.3) is 11.5 Å². The molecule has 5 nitrogen and oxygen atoms in total. The number of hydrogen-bond acceptors (Lipinski definition) is 2. The van der Waals surface area contributed by atoms with Crippen LogP contribution in [0.5, 0.6) is 0 Å². The Morgan fingerprint density at radius 2 is 2.00 bits per heavy atom. The van der Waals surface area contributed by atoms with E-state index in [1.54, 1.807) is 6.07 Å². The van der Waals surface area contributed by atoms with Gasteiger partial charge in [-0.15, -0.1) is 0 Å². The molecule has 136 valence electrons. The summed E-state index contributed by atoms with van der Waals surface area (Å²) in [6.07, 6.45) is 1.96. The topological polar surface area (TPSA) is 66.9 Å². The smallest absolute Gasteiger partial charge is 0.253 e. The molecule has 0 unspecified atom stereocenters. The van der Waals surface area contributed by atoms with E-state index >= 15 is 0 Å². The predicted octanol–water partition coefficient (Wildman–Crippen LogP) is 4.11. The molecule has 1 amide bonds. The van der Waals surface area contributed by atoms with E-state index in [1.807, 2.05) is 38.2 Å². The van der Waals surface area contributed by atoms with Gasteiger partial charge in [0, 0.05) is 40.4 Å². The number of carbonyl (C=O) groups is 1. The molecule has 0 radical (unpaired) electrons. The van der Waals surface area contributed by atoms with Crippen LogP contribution in [0.2, 0.25) is 5.02 Å². The summed E-state index contributed by atoms with van der Waals surface area (Å²) in [4.78, 5) is 27.7. The molecule has 0 aliphatic heterocycles. The van der Waals surface area contributed by atoms with Gasteiger partial charge in [-0.05, 0) is 57.5 Å². The molecule has 6 heteroatoms. The van der Waals surface area contributed by atoms with E-state index in [0.717, 1.165) is 22.2 Å². The van der Waals surface area contributed by atoms with E-state index in [-0.39, 0.29) is 24.1 Å². The maximum atomic E-state index is 12.8. The van der Waals surface area contributed by atoms with Crippen molar-refractivity contribution in [3.8, 4) is 0 Å². The number of aromatic amines is 1. The lowest BCUT2D eigenvalue weighted by atomic mass is 10.1. The van der Waals surface area contributed by atoms with E-state index in [0.29, 0.717) is 16.1 Å². The number of fused-ring (bicyclic) bond motifs is 1. The highest BCUT2D eigenvalue weighted by Gasteiger charge is 2.16. The first-order chi connectivity index (χ1) is 12.3. The predicted molar refractivity (Wildman–Crippen MR) is 105 cm³/mol. The van der Waals surface area contributed by atoms with Crippen LogP contribution >= 0.6 is 11.6 Å². The minimum atomic E-state index is -0.251. The van der Waals surface area contributed by atoms with Gasteiger partial charge in [0.05, 0.1) is 11.1 Å². The summed E-state index contributed by atoms with van der Waals surface area (Å²) in [6, 6.07) is 7.60. The summed E-state index contributed by atoms with van der Waals surface area (Å²) in [5, 5.41) is 4.20. The quantitative estimate of drug-likeness (QED) is 0.724. The molecule has 0 spiro atoms. The number of nitrogens with zero attached hydrogens (tertiary/aromatic N) is 1. The zero-order valence-corrected chi connectivity index (χ0v) is 16.1. The number of aromatic nitrogens is 2. The second-order valence-corrected chi connectivity index (χ2v) is 7.27. The summed E-state index contributed by atoms with van der Waals surface area (Å²) in [6.45, 7) is 8.02. The number of rotatable bonds is 4. The molecule has 0 saturated carbocycles. The van der Waals surface area contributed by atoms with Crippen LogP contribution in [0.3, 0.4) is 0 Å². The number of nitrogens with one attached hydrogen (secondary N) is 2. The molecule has 3 aromatic rings. The fourth-order valence-corrected chi connectivity index (χ4v) is 3.44. The summed E-state index contributed by atoms with van der Waals surface area (Å²) < 4.78 is 2.08. The fraction of sp³-hybridized carbons (Fsp3) is 0.300.